The summed E-state index contributed by atoms with van der Waals surface area (Å²) in [6.07, 6.45) is 1.79. The van der Waals surface area contributed by atoms with Gasteiger partial charge in [0.2, 0.25) is 0 Å². The van der Waals surface area contributed by atoms with Gasteiger partial charge in [0.25, 0.3) is 7.37 Å². The molecule has 0 bridgehead atoms. The third kappa shape index (κ3) is 4.05. The number of hydroxylamine groups is 2. The summed E-state index contributed by atoms with van der Waals surface area (Å²) in [5.74, 6) is 0. The summed E-state index contributed by atoms with van der Waals surface area (Å²) in [6.45, 7) is 8.50. The highest BCUT2D eigenvalue weighted by molar-refractivity contribution is 7.74. The maximum absolute atomic E-state index is 14.3. The van der Waals surface area contributed by atoms with Crippen LogP contribution in [-0.4, -0.2) is 29.4 Å². The fraction of sp³-hybridized carbons (Fsp3) is 0.455. The van der Waals surface area contributed by atoms with E-state index in [9.17, 15) is 4.57 Å². The van der Waals surface area contributed by atoms with Gasteiger partial charge in [0.05, 0.1) is 6.10 Å². The minimum atomic E-state index is -3.30. The standard InChI is InChI=1S/C22H30NO3P/c1-21(2)16-18(25-5)17-22(3,4)23(21)26-27(24,19-12-8-6-9-13-19)20-14-10-7-11-15-20/h6-15,18H,16-17H2,1-5H3. The van der Waals surface area contributed by atoms with Gasteiger partial charge in [-0.25, -0.2) is 4.62 Å². The molecule has 0 spiro atoms. The van der Waals surface area contributed by atoms with Crippen molar-refractivity contribution >= 4 is 18.0 Å². The fourth-order valence-corrected chi connectivity index (χ4v) is 6.45. The van der Waals surface area contributed by atoms with Gasteiger partial charge in [-0.1, -0.05) is 36.4 Å². The summed E-state index contributed by atoms with van der Waals surface area (Å²) in [7, 11) is -1.54. The molecule has 3 rings (SSSR count). The van der Waals surface area contributed by atoms with E-state index in [-0.39, 0.29) is 17.2 Å². The SMILES string of the molecule is COC1CC(C)(C)N(OP(=O)(c2ccccc2)c2ccccc2)C(C)(C)C1. The molecule has 146 valence electrons. The van der Waals surface area contributed by atoms with E-state index in [2.05, 4.69) is 27.7 Å². The third-order valence-electron chi connectivity index (χ3n) is 5.28. The van der Waals surface area contributed by atoms with Gasteiger partial charge in [0.1, 0.15) is 0 Å². The van der Waals surface area contributed by atoms with Gasteiger partial charge in [-0.2, -0.15) is 5.06 Å². The highest BCUT2D eigenvalue weighted by Crippen LogP contribution is 2.51. The molecule has 4 nitrogen and oxygen atoms in total. The predicted octanol–water partition coefficient (Wildman–Crippen LogP) is 4.52. The summed E-state index contributed by atoms with van der Waals surface area (Å²) in [6, 6.07) is 19.0. The van der Waals surface area contributed by atoms with Crippen LogP contribution in [-0.2, 0) is 13.9 Å². The second-order valence-electron chi connectivity index (χ2n) is 8.49. The molecule has 0 N–H and O–H groups in total. The van der Waals surface area contributed by atoms with Crippen molar-refractivity contribution in [3.63, 3.8) is 0 Å². The Labute approximate surface area is 162 Å². The monoisotopic (exact) mass is 387 g/mol. The number of nitrogens with zero attached hydrogens (tertiary/aromatic N) is 1. The lowest BCUT2D eigenvalue weighted by atomic mass is 9.80. The Balaban J connectivity index is 2.06. The molecule has 0 unspecified atom stereocenters. The molecule has 0 saturated carbocycles. The van der Waals surface area contributed by atoms with E-state index in [0.717, 1.165) is 12.8 Å². The number of rotatable bonds is 5. The molecule has 0 aromatic heterocycles. The molecule has 0 amide bonds. The highest BCUT2D eigenvalue weighted by atomic mass is 31.2. The number of hydrogen-bond donors (Lipinski definition) is 0. The molecule has 1 fully saturated rings. The first-order valence-electron chi connectivity index (χ1n) is 9.43. The summed E-state index contributed by atoms with van der Waals surface area (Å²) in [5.41, 5.74) is -0.636. The van der Waals surface area contributed by atoms with Crippen LogP contribution < -0.4 is 10.6 Å². The molecule has 0 aliphatic carbocycles. The van der Waals surface area contributed by atoms with Crippen LogP contribution >= 0.6 is 7.37 Å². The van der Waals surface area contributed by atoms with Gasteiger partial charge >= 0.3 is 0 Å². The molecule has 0 atom stereocenters. The highest BCUT2D eigenvalue weighted by Gasteiger charge is 2.50. The van der Waals surface area contributed by atoms with Crippen molar-refractivity contribution < 1.29 is 13.9 Å². The van der Waals surface area contributed by atoms with E-state index in [4.69, 9.17) is 9.36 Å². The lowest BCUT2D eigenvalue weighted by Crippen LogP contribution is -2.61. The minimum absolute atomic E-state index is 0.155. The Hall–Kier alpha value is -1.45. The number of ether oxygens (including phenoxy) is 1. The first kappa shape index (κ1) is 20.3. The molecule has 5 heteroatoms. The molecule has 1 heterocycles. The maximum atomic E-state index is 14.3. The molecule has 0 radical (unpaired) electrons. The molecule has 2 aromatic carbocycles. The smallest absolute Gasteiger partial charge is 0.277 e. The third-order valence-corrected chi connectivity index (χ3v) is 7.63. The molecular weight excluding hydrogens is 357 g/mol. The molecular formula is C22H30NO3P. The lowest BCUT2D eigenvalue weighted by molar-refractivity contribution is -0.234. The van der Waals surface area contributed by atoms with Gasteiger partial charge in [-0.15, -0.1) is 0 Å². The van der Waals surface area contributed by atoms with Crippen LogP contribution in [0.1, 0.15) is 40.5 Å². The van der Waals surface area contributed by atoms with Gasteiger partial charge in [0, 0.05) is 28.8 Å². The predicted molar refractivity (Wildman–Crippen MR) is 111 cm³/mol. The van der Waals surface area contributed by atoms with Gasteiger partial charge in [0.15, 0.2) is 0 Å². The van der Waals surface area contributed by atoms with Gasteiger partial charge in [-0.3, -0.25) is 4.57 Å². The summed E-state index contributed by atoms with van der Waals surface area (Å²) >= 11 is 0. The second kappa shape index (κ2) is 7.52. The zero-order chi connectivity index (χ0) is 19.7. The number of hydrogen-bond acceptors (Lipinski definition) is 4. The van der Waals surface area contributed by atoms with Crippen molar-refractivity contribution in [2.75, 3.05) is 7.11 Å². The maximum Gasteiger partial charge on any atom is 0.277 e. The zero-order valence-electron chi connectivity index (χ0n) is 16.9. The Morgan fingerprint density at radius 2 is 1.26 bits per heavy atom. The van der Waals surface area contributed by atoms with Crippen molar-refractivity contribution in [1.29, 1.82) is 0 Å². The molecule has 2 aromatic rings. The number of benzene rings is 2. The number of methoxy groups -OCH3 is 1. The summed E-state index contributed by atoms with van der Waals surface area (Å²) < 4.78 is 26.5. The van der Waals surface area contributed by atoms with Crippen molar-refractivity contribution in [3.05, 3.63) is 60.7 Å². The van der Waals surface area contributed by atoms with E-state index in [1.54, 1.807) is 7.11 Å². The van der Waals surface area contributed by atoms with Crippen LogP contribution in [0.2, 0.25) is 0 Å². The van der Waals surface area contributed by atoms with E-state index >= 15 is 0 Å². The molecule has 1 aliphatic rings. The van der Waals surface area contributed by atoms with Crippen LogP contribution in [0.25, 0.3) is 0 Å². The average Bonchev–Trinajstić information content (AvgIpc) is 2.65. The Morgan fingerprint density at radius 3 is 1.63 bits per heavy atom. The van der Waals surface area contributed by atoms with Gasteiger partial charge < -0.3 is 4.74 Å². The Bertz CT molecular complexity index is 743. The quantitative estimate of drug-likeness (QED) is 0.708. The van der Waals surface area contributed by atoms with E-state index in [1.807, 2.05) is 65.7 Å². The molecule has 27 heavy (non-hydrogen) atoms. The van der Waals surface area contributed by atoms with Crippen LogP contribution in [0, 0.1) is 0 Å². The van der Waals surface area contributed by atoms with Crippen molar-refractivity contribution in [3.8, 4) is 0 Å². The largest absolute Gasteiger partial charge is 0.381 e. The topological polar surface area (TPSA) is 38.8 Å². The first-order chi connectivity index (χ1) is 12.7. The fourth-order valence-electron chi connectivity index (χ4n) is 4.17. The summed E-state index contributed by atoms with van der Waals surface area (Å²) in [4.78, 5) is 0. The van der Waals surface area contributed by atoms with Crippen LogP contribution in [0.3, 0.4) is 0 Å². The number of piperidine rings is 1. The van der Waals surface area contributed by atoms with E-state index in [0.29, 0.717) is 10.6 Å². The van der Waals surface area contributed by atoms with Crippen molar-refractivity contribution in [2.45, 2.75) is 57.7 Å². The summed E-state index contributed by atoms with van der Waals surface area (Å²) in [5, 5.41) is 3.37. The van der Waals surface area contributed by atoms with Crippen molar-refractivity contribution in [1.82, 2.24) is 5.06 Å². The van der Waals surface area contributed by atoms with Crippen LogP contribution in [0.4, 0.5) is 0 Å². The minimum Gasteiger partial charge on any atom is -0.381 e. The van der Waals surface area contributed by atoms with Crippen LogP contribution in [0.15, 0.2) is 60.7 Å². The van der Waals surface area contributed by atoms with Gasteiger partial charge in [-0.05, 0) is 64.8 Å². The van der Waals surface area contributed by atoms with Crippen LogP contribution in [0.5, 0.6) is 0 Å². The van der Waals surface area contributed by atoms with Crippen molar-refractivity contribution in [2.24, 2.45) is 0 Å². The second-order valence-corrected chi connectivity index (χ2v) is 10.8. The Kier molecular flexibility index (Phi) is 5.65. The van der Waals surface area contributed by atoms with E-state index < -0.39 is 7.37 Å². The first-order valence-corrected chi connectivity index (χ1v) is 11.1. The Morgan fingerprint density at radius 1 is 0.852 bits per heavy atom. The van der Waals surface area contributed by atoms with E-state index in [1.165, 1.54) is 0 Å². The normalized spacial score (nSPS) is 20.5. The average molecular weight is 387 g/mol. The zero-order valence-corrected chi connectivity index (χ0v) is 17.8. The lowest BCUT2D eigenvalue weighted by Gasteiger charge is -2.54. The molecule has 1 saturated heterocycles. The molecule has 1 aliphatic heterocycles.